The average Bonchev–Trinajstić information content (AvgIpc) is 3.00. The fourth-order valence-electron chi connectivity index (χ4n) is 2.66. The van der Waals surface area contributed by atoms with Gasteiger partial charge in [-0.2, -0.15) is 0 Å². The van der Waals surface area contributed by atoms with Crippen molar-refractivity contribution < 1.29 is 4.79 Å². The van der Waals surface area contributed by atoms with Gasteiger partial charge in [-0.3, -0.25) is 4.79 Å². The van der Waals surface area contributed by atoms with Crippen molar-refractivity contribution in [1.82, 2.24) is 10.6 Å². The molecule has 2 aromatic carbocycles. The van der Waals surface area contributed by atoms with Crippen LogP contribution in [0.4, 0.5) is 0 Å². The van der Waals surface area contributed by atoms with Crippen molar-refractivity contribution in [2.45, 2.75) is 32.5 Å². The lowest BCUT2D eigenvalue weighted by atomic mass is 10.1. The van der Waals surface area contributed by atoms with E-state index < -0.39 is 0 Å². The molecule has 0 aliphatic carbocycles. The Morgan fingerprint density at radius 3 is 2.59 bits per heavy atom. The number of nitrogens with one attached hydrogen (secondary N) is 2. The number of halogens is 1. The predicted molar refractivity (Wildman–Crippen MR) is 88.6 cm³/mol. The van der Waals surface area contributed by atoms with E-state index in [1.165, 1.54) is 11.1 Å². The summed E-state index contributed by atoms with van der Waals surface area (Å²) in [5, 5.41) is 7.03. The van der Waals surface area contributed by atoms with Crippen molar-refractivity contribution >= 4 is 17.5 Å². The molecule has 0 radical (unpaired) electrons. The largest absolute Gasteiger partial charge is 0.352 e. The van der Waals surface area contributed by atoms with Gasteiger partial charge in [-0.15, -0.1) is 0 Å². The Balaban J connectivity index is 1.47. The zero-order valence-electron chi connectivity index (χ0n) is 12.4. The van der Waals surface area contributed by atoms with Crippen molar-refractivity contribution in [1.29, 1.82) is 0 Å². The molecule has 2 aromatic rings. The van der Waals surface area contributed by atoms with Crippen LogP contribution in [-0.2, 0) is 30.8 Å². The van der Waals surface area contributed by atoms with E-state index in [9.17, 15) is 4.79 Å². The first kappa shape index (κ1) is 15.1. The zero-order valence-corrected chi connectivity index (χ0v) is 13.1. The van der Waals surface area contributed by atoms with Crippen molar-refractivity contribution in [2.75, 3.05) is 0 Å². The Bertz CT molecular complexity index is 667. The number of aryl methyl sites for hydroxylation is 1. The number of fused-ring (bicyclic) bond motifs is 1. The monoisotopic (exact) mass is 314 g/mol. The molecule has 0 atom stereocenters. The van der Waals surface area contributed by atoms with Crippen LogP contribution in [0.2, 0.25) is 5.02 Å². The highest BCUT2D eigenvalue weighted by Crippen LogP contribution is 2.17. The minimum Gasteiger partial charge on any atom is -0.352 e. The molecule has 0 bridgehead atoms. The van der Waals surface area contributed by atoms with Gasteiger partial charge in [0.05, 0.1) is 0 Å². The smallest absolute Gasteiger partial charge is 0.220 e. The standard InChI is InChI=1S/C18H19ClN2O/c19-17-6-2-13(3-7-17)4-8-18(22)21-10-14-1-5-15-11-20-12-16(15)9-14/h1-3,5-7,9,20H,4,8,10-12H2,(H,21,22). The van der Waals surface area contributed by atoms with Gasteiger partial charge in [0.15, 0.2) is 0 Å². The fourth-order valence-corrected chi connectivity index (χ4v) is 2.78. The Morgan fingerprint density at radius 1 is 1.05 bits per heavy atom. The summed E-state index contributed by atoms with van der Waals surface area (Å²) in [5.41, 5.74) is 4.98. The molecule has 1 aliphatic heterocycles. The van der Waals surface area contributed by atoms with E-state index in [2.05, 4.69) is 28.8 Å². The third-order valence-electron chi connectivity index (χ3n) is 3.95. The molecule has 0 saturated heterocycles. The first-order valence-corrected chi connectivity index (χ1v) is 7.91. The molecule has 0 aromatic heterocycles. The third kappa shape index (κ3) is 3.87. The highest BCUT2D eigenvalue weighted by atomic mass is 35.5. The minimum atomic E-state index is 0.0774. The van der Waals surface area contributed by atoms with E-state index >= 15 is 0 Å². The van der Waals surface area contributed by atoms with Crippen LogP contribution < -0.4 is 10.6 Å². The molecule has 22 heavy (non-hydrogen) atoms. The van der Waals surface area contributed by atoms with Crippen molar-refractivity contribution in [2.24, 2.45) is 0 Å². The summed E-state index contributed by atoms with van der Waals surface area (Å²) in [6, 6.07) is 14.0. The van der Waals surface area contributed by atoms with Crippen molar-refractivity contribution in [3.05, 3.63) is 69.7 Å². The van der Waals surface area contributed by atoms with E-state index in [-0.39, 0.29) is 5.91 Å². The maximum absolute atomic E-state index is 11.9. The predicted octanol–water partition coefficient (Wildman–Crippen LogP) is 3.19. The lowest BCUT2D eigenvalue weighted by Crippen LogP contribution is -2.23. The maximum atomic E-state index is 11.9. The molecule has 1 aliphatic rings. The van der Waals surface area contributed by atoms with Crippen LogP contribution in [0.25, 0.3) is 0 Å². The normalized spacial score (nSPS) is 13.0. The molecule has 0 spiro atoms. The highest BCUT2D eigenvalue weighted by Gasteiger charge is 2.10. The Kier molecular flexibility index (Phi) is 4.76. The van der Waals surface area contributed by atoms with E-state index in [1.807, 2.05) is 24.3 Å². The van der Waals surface area contributed by atoms with Gasteiger partial charge in [0.1, 0.15) is 0 Å². The lowest BCUT2D eigenvalue weighted by Gasteiger charge is -2.07. The first-order chi connectivity index (χ1) is 10.7. The van der Waals surface area contributed by atoms with Crippen LogP contribution in [0.5, 0.6) is 0 Å². The number of amides is 1. The molecule has 0 saturated carbocycles. The molecule has 1 amide bonds. The minimum absolute atomic E-state index is 0.0774. The quantitative estimate of drug-likeness (QED) is 0.890. The molecular formula is C18H19ClN2O. The maximum Gasteiger partial charge on any atom is 0.220 e. The number of rotatable bonds is 5. The van der Waals surface area contributed by atoms with Crippen LogP contribution in [0.15, 0.2) is 42.5 Å². The van der Waals surface area contributed by atoms with E-state index in [0.29, 0.717) is 13.0 Å². The van der Waals surface area contributed by atoms with Gasteiger partial charge >= 0.3 is 0 Å². The number of carbonyl (C=O) groups excluding carboxylic acids is 1. The van der Waals surface area contributed by atoms with E-state index in [4.69, 9.17) is 11.6 Å². The summed E-state index contributed by atoms with van der Waals surface area (Å²) in [5.74, 6) is 0.0774. The van der Waals surface area contributed by atoms with Crippen LogP contribution in [0.3, 0.4) is 0 Å². The topological polar surface area (TPSA) is 41.1 Å². The lowest BCUT2D eigenvalue weighted by molar-refractivity contribution is -0.121. The van der Waals surface area contributed by atoms with Gasteiger partial charge in [-0.1, -0.05) is 41.9 Å². The highest BCUT2D eigenvalue weighted by molar-refractivity contribution is 6.30. The molecule has 0 fully saturated rings. The summed E-state index contributed by atoms with van der Waals surface area (Å²) < 4.78 is 0. The molecule has 1 heterocycles. The Morgan fingerprint density at radius 2 is 1.77 bits per heavy atom. The summed E-state index contributed by atoms with van der Waals surface area (Å²) in [7, 11) is 0. The van der Waals surface area contributed by atoms with Gasteiger partial charge in [0, 0.05) is 31.1 Å². The SMILES string of the molecule is O=C(CCc1ccc(Cl)cc1)NCc1ccc2c(c1)CNC2. The van der Waals surface area contributed by atoms with Gasteiger partial charge in [0.2, 0.25) is 5.91 Å². The molecule has 3 nitrogen and oxygen atoms in total. The number of hydrogen-bond acceptors (Lipinski definition) is 2. The van der Waals surface area contributed by atoms with Crippen molar-refractivity contribution in [3.63, 3.8) is 0 Å². The molecule has 114 valence electrons. The number of carbonyl (C=O) groups is 1. The number of hydrogen-bond donors (Lipinski definition) is 2. The second-order valence-electron chi connectivity index (χ2n) is 5.61. The van der Waals surface area contributed by atoms with E-state index in [0.717, 1.165) is 35.7 Å². The molecule has 0 unspecified atom stereocenters. The summed E-state index contributed by atoms with van der Waals surface area (Å²) in [6.45, 7) is 2.46. The van der Waals surface area contributed by atoms with Gasteiger partial charge < -0.3 is 10.6 Å². The summed E-state index contributed by atoms with van der Waals surface area (Å²) in [6.07, 6.45) is 1.23. The average molecular weight is 315 g/mol. The molecule has 2 N–H and O–H groups in total. The van der Waals surface area contributed by atoms with Crippen LogP contribution in [0.1, 0.15) is 28.7 Å². The van der Waals surface area contributed by atoms with Crippen LogP contribution in [0, 0.1) is 0 Å². The first-order valence-electron chi connectivity index (χ1n) is 7.53. The second kappa shape index (κ2) is 6.95. The summed E-state index contributed by atoms with van der Waals surface area (Å²) in [4.78, 5) is 11.9. The zero-order chi connectivity index (χ0) is 15.4. The summed E-state index contributed by atoms with van der Waals surface area (Å²) >= 11 is 5.85. The van der Waals surface area contributed by atoms with Crippen LogP contribution >= 0.6 is 11.6 Å². The Labute approximate surface area is 135 Å². The molecule has 3 rings (SSSR count). The molecular weight excluding hydrogens is 296 g/mol. The van der Waals surface area contributed by atoms with Crippen LogP contribution in [-0.4, -0.2) is 5.91 Å². The second-order valence-corrected chi connectivity index (χ2v) is 6.05. The fraction of sp³-hybridized carbons (Fsp3) is 0.278. The van der Waals surface area contributed by atoms with Gasteiger partial charge in [-0.25, -0.2) is 0 Å². The van der Waals surface area contributed by atoms with Crippen molar-refractivity contribution in [3.8, 4) is 0 Å². The van der Waals surface area contributed by atoms with Gasteiger partial charge in [0.25, 0.3) is 0 Å². The van der Waals surface area contributed by atoms with E-state index in [1.54, 1.807) is 0 Å². The van der Waals surface area contributed by atoms with Gasteiger partial charge in [-0.05, 0) is 40.8 Å². The Hall–Kier alpha value is -1.84. The third-order valence-corrected chi connectivity index (χ3v) is 4.20. The number of benzene rings is 2. The molecule has 4 heteroatoms.